The molecule has 0 spiro atoms. The summed E-state index contributed by atoms with van der Waals surface area (Å²) >= 11 is 5.64. The quantitative estimate of drug-likeness (QED) is 0.782. The van der Waals surface area contributed by atoms with Crippen LogP contribution in [0.2, 0.25) is 0 Å². The Bertz CT molecular complexity index is 268. The van der Waals surface area contributed by atoms with Crippen molar-refractivity contribution in [2.75, 3.05) is 13.1 Å². The molecule has 2 saturated carbocycles. The van der Waals surface area contributed by atoms with E-state index < -0.39 is 0 Å². The molecular weight excluding hydrogens is 252 g/mol. The number of hydrogen-bond acceptors (Lipinski definition) is 1. The van der Waals surface area contributed by atoms with Gasteiger partial charge in [-0.3, -0.25) is 0 Å². The molecule has 0 aromatic rings. The summed E-state index contributed by atoms with van der Waals surface area (Å²) in [7, 11) is 0. The van der Waals surface area contributed by atoms with E-state index in [0.29, 0.717) is 6.04 Å². The highest BCUT2D eigenvalue weighted by Crippen LogP contribution is 2.24. The van der Waals surface area contributed by atoms with Gasteiger partial charge in [-0.1, -0.05) is 38.5 Å². The first-order chi connectivity index (χ1) is 9.29. The van der Waals surface area contributed by atoms with E-state index in [1.807, 2.05) is 0 Å². The predicted octanol–water partition coefficient (Wildman–Crippen LogP) is 4.10. The summed E-state index contributed by atoms with van der Waals surface area (Å²) in [4.78, 5) is 2.40. The van der Waals surface area contributed by atoms with Crippen LogP contribution in [0.25, 0.3) is 0 Å². The first-order valence-corrected chi connectivity index (χ1v) is 8.76. The molecule has 0 radical (unpaired) electrons. The van der Waals surface area contributed by atoms with Gasteiger partial charge in [0.05, 0.1) is 0 Å². The first-order valence-electron chi connectivity index (χ1n) is 8.35. The van der Waals surface area contributed by atoms with E-state index in [9.17, 15) is 0 Å². The standard InChI is InChI=1S/C16H30N2S/c1-2-18(13-14-9-5-3-6-10-14)16(19)17-15-11-7-4-8-12-15/h14-15H,2-13H2,1H3,(H,17,19). The van der Waals surface area contributed by atoms with Crippen molar-refractivity contribution in [3.05, 3.63) is 0 Å². The maximum Gasteiger partial charge on any atom is 0.169 e. The van der Waals surface area contributed by atoms with Gasteiger partial charge < -0.3 is 10.2 Å². The van der Waals surface area contributed by atoms with E-state index >= 15 is 0 Å². The molecule has 19 heavy (non-hydrogen) atoms. The third-order valence-corrected chi connectivity index (χ3v) is 5.18. The van der Waals surface area contributed by atoms with Crippen LogP contribution in [0.3, 0.4) is 0 Å². The lowest BCUT2D eigenvalue weighted by Gasteiger charge is -2.33. The lowest BCUT2D eigenvalue weighted by molar-refractivity contribution is 0.273. The summed E-state index contributed by atoms with van der Waals surface area (Å²) in [6.45, 7) is 4.46. The molecule has 2 fully saturated rings. The number of thiocarbonyl (C=S) groups is 1. The average Bonchev–Trinajstić information content (AvgIpc) is 2.47. The Kier molecular flexibility index (Phi) is 6.42. The Labute approximate surface area is 124 Å². The van der Waals surface area contributed by atoms with Gasteiger partial charge in [0.1, 0.15) is 0 Å². The van der Waals surface area contributed by atoms with Gasteiger partial charge in [0.2, 0.25) is 0 Å². The maximum atomic E-state index is 5.64. The first kappa shape index (κ1) is 15.1. The van der Waals surface area contributed by atoms with E-state index in [-0.39, 0.29) is 0 Å². The predicted molar refractivity (Wildman–Crippen MR) is 86.4 cm³/mol. The fourth-order valence-electron chi connectivity index (χ4n) is 3.55. The van der Waals surface area contributed by atoms with Crippen LogP contribution >= 0.6 is 12.2 Å². The van der Waals surface area contributed by atoms with Gasteiger partial charge in [-0.2, -0.15) is 0 Å². The second-order valence-corrected chi connectivity index (χ2v) is 6.71. The average molecular weight is 282 g/mol. The smallest absolute Gasteiger partial charge is 0.169 e. The van der Waals surface area contributed by atoms with Crippen LogP contribution in [0.5, 0.6) is 0 Å². The summed E-state index contributed by atoms with van der Waals surface area (Å²) in [6.07, 6.45) is 13.9. The number of nitrogens with one attached hydrogen (secondary N) is 1. The highest BCUT2D eigenvalue weighted by molar-refractivity contribution is 7.80. The van der Waals surface area contributed by atoms with E-state index in [0.717, 1.165) is 17.6 Å². The summed E-state index contributed by atoms with van der Waals surface area (Å²) < 4.78 is 0. The summed E-state index contributed by atoms with van der Waals surface area (Å²) in [5.41, 5.74) is 0. The monoisotopic (exact) mass is 282 g/mol. The van der Waals surface area contributed by atoms with Crippen molar-refractivity contribution < 1.29 is 0 Å². The van der Waals surface area contributed by atoms with Crippen molar-refractivity contribution >= 4 is 17.3 Å². The normalized spacial score (nSPS) is 22.2. The van der Waals surface area contributed by atoms with Crippen molar-refractivity contribution in [3.8, 4) is 0 Å². The minimum absolute atomic E-state index is 0.640. The van der Waals surface area contributed by atoms with E-state index in [4.69, 9.17) is 12.2 Å². The molecule has 2 rings (SSSR count). The molecule has 110 valence electrons. The maximum absolute atomic E-state index is 5.64. The molecule has 2 nitrogen and oxygen atoms in total. The lowest BCUT2D eigenvalue weighted by atomic mass is 9.89. The van der Waals surface area contributed by atoms with Crippen LogP contribution in [-0.2, 0) is 0 Å². The second-order valence-electron chi connectivity index (χ2n) is 6.33. The molecule has 0 saturated heterocycles. The minimum atomic E-state index is 0.640. The molecule has 1 N–H and O–H groups in total. The Morgan fingerprint density at radius 3 is 2.16 bits per heavy atom. The second kappa shape index (κ2) is 8.08. The molecule has 0 atom stereocenters. The van der Waals surface area contributed by atoms with Crippen molar-refractivity contribution in [1.82, 2.24) is 10.2 Å². The van der Waals surface area contributed by atoms with Crippen LogP contribution in [-0.4, -0.2) is 29.1 Å². The van der Waals surface area contributed by atoms with Crippen LogP contribution in [0.15, 0.2) is 0 Å². The van der Waals surface area contributed by atoms with Gasteiger partial charge >= 0.3 is 0 Å². The van der Waals surface area contributed by atoms with Crippen LogP contribution in [0.4, 0.5) is 0 Å². The SMILES string of the molecule is CCN(CC1CCCCC1)C(=S)NC1CCCCC1. The zero-order valence-corrected chi connectivity index (χ0v) is 13.3. The van der Waals surface area contributed by atoms with Crippen LogP contribution < -0.4 is 5.32 Å². The number of hydrogen-bond donors (Lipinski definition) is 1. The third-order valence-electron chi connectivity index (χ3n) is 4.81. The van der Waals surface area contributed by atoms with Gasteiger partial charge in [-0.25, -0.2) is 0 Å². The van der Waals surface area contributed by atoms with Gasteiger partial charge in [0.25, 0.3) is 0 Å². The van der Waals surface area contributed by atoms with Gasteiger partial charge in [0, 0.05) is 19.1 Å². The molecule has 0 unspecified atom stereocenters. The fraction of sp³-hybridized carbons (Fsp3) is 0.938. The van der Waals surface area contributed by atoms with Crippen molar-refractivity contribution in [2.24, 2.45) is 5.92 Å². The Morgan fingerprint density at radius 2 is 1.58 bits per heavy atom. The summed E-state index contributed by atoms with van der Waals surface area (Å²) in [5, 5.41) is 4.63. The summed E-state index contributed by atoms with van der Waals surface area (Å²) in [6, 6.07) is 0.640. The van der Waals surface area contributed by atoms with E-state index in [1.54, 1.807) is 0 Å². The Morgan fingerprint density at radius 1 is 1.00 bits per heavy atom. The Balaban J connectivity index is 1.76. The zero-order valence-electron chi connectivity index (χ0n) is 12.5. The van der Waals surface area contributed by atoms with Crippen LogP contribution in [0, 0.1) is 5.92 Å². The Hall–Kier alpha value is -0.310. The molecule has 0 aromatic heterocycles. The van der Waals surface area contributed by atoms with Gasteiger partial charge in [-0.15, -0.1) is 0 Å². The highest BCUT2D eigenvalue weighted by atomic mass is 32.1. The minimum Gasteiger partial charge on any atom is -0.360 e. The molecule has 0 amide bonds. The largest absolute Gasteiger partial charge is 0.360 e. The molecule has 3 heteroatoms. The van der Waals surface area contributed by atoms with Gasteiger partial charge in [0.15, 0.2) is 5.11 Å². The van der Waals surface area contributed by atoms with E-state index in [1.165, 1.54) is 70.8 Å². The molecular formula is C16H30N2S. The highest BCUT2D eigenvalue weighted by Gasteiger charge is 2.20. The number of nitrogens with zero attached hydrogens (tertiary/aromatic N) is 1. The van der Waals surface area contributed by atoms with Gasteiger partial charge in [-0.05, 0) is 50.7 Å². The lowest BCUT2D eigenvalue weighted by Crippen LogP contribution is -2.47. The molecule has 0 aromatic carbocycles. The molecule has 0 aliphatic heterocycles. The molecule has 0 heterocycles. The van der Waals surface area contributed by atoms with Crippen molar-refractivity contribution in [3.63, 3.8) is 0 Å². The molecule has 2 aliphatic rings. The third kappa shape index (κ3) is 4.94. The van der Waals surface area contributed by atoms with Crippen LogP contribution in [0.1, 0.15) is 71.1 Å². The van der Waals surface area contributed by atoms with Crippen molar-refractivity contribution in [2.45, 2.75) is 77.2 Å². The van der Waals surface area contributed by atoms with E-state index in [2.05, 4.69) is 17.1 Å². The topological polar surface area (TPSA) is 15.3 Å². The van der Waals surface area contributed by atoms with Crippen molar-refractivity contribution in [1.29, 1.82) is 0 Å². The molecule has 0 bridgehead atoms. The number of rotatable bonds is 4. The zero-order chi connectivity index (χ0) is 13.5. The fourth-order valence-corrected chi connectivity index (χ4v) is 3.92. The summed E-state index contributed by atoms with van der Waals surface area (Å²) in [5.74, 6) is 0.875. The molecule has 2 aliphatic carbocycles.